The Hall–Kier alpha value is -1.73. The van der Waals surface area contributed by atoms with Crippen LogP contribution in [0.2, 0.25) is 0 Å². The fraction of sp³-hybridized carbons (Fsp3) is 0.400. The maximum absolute atomic E-state index is 12.1. The Kier molecular flexibility index (Phi) is 4.84. The van der Waals surface area contributed by atoms with Gasteiger partial charge in [0.05, 0.1) is 17.5 Å². The molecule has 1 saturated carbocycles. The summed E-state index contributed by atoms with van der Waals surface area (Å²) in [4.78, 5) is 16.0. The Balaban J connectivity index is 1.68. The van der Waals surface area contributed by atoms with Gasteiger partial charge in [-0.2, -0.15) is 5.10 Å². The van der Waals surface area contributed by atoms with E-state index in [-0.39, 0.29) is 18.6 Å². The number of anilines is 1. The Morgan fingerprint density at radius 3 is 2.95 bits per heavy atom. The van der Waals surface area contributed by atoms with Crippen LogP contribution in [0.3, 0.4) is 0 Å². The first kappa shape index (κ1) is 15.2. The van der Waals surface area contributed by atoms with E-state index in [4.69, 9.17) is 4.74 Å². The van der Waals surface area contributed by atoms with Crippen LogP contribution in [-0.4, -0.2) is 33.4 Å². The molecule has 0 atom stereocenters. The van der Waals surface area contributed by atoms with E-state index in [2.05, 4.69) is 31.3 Å². The third kappa shape index (κ3) is 3.72. The van der Waals surface area contributed by atoms with Crippen LogP contribution >= 0.6 is 15.9 Å². The third-order valence-electron chi connectivity index (χ3n) is 3.65. The lowest BCUT2D eigenvalue weighted by molar-refractivity contribution is -0.122. The number of aromatic nitrogens is 3. The lowest BCUT2D eigenvalue weighted by Crippen LogP contribution is -2.22. The van der Waals surface area contributed by atoms with Crippen molar-refractivity contribution in [1.29, 1.82) is 0 Å². The summed E-state index contributed by atoms with van der Waals surface area (Å²) < 4.78 is 8.13. The zero-order valence-electron chi connectivity index (χ0n) is 12.0. The monoisotopic (exact) mass is 364 g/mol. The van der Waals surface area contributed by atoms with Crippen molar-refractivity contribution in [2.24, 2.45) is 0 Å². The lowest BCUT2D eigenvalue weighted by Gasteiger charge is -2.13. The largest absolute Gasteiger partial charge is 0.368 e. The molecule has 0 radical (unpaired) electrons. The summed E-state index contributed by atoms with van der Waals surface area (Å²) in [5.41, 5.74) is 1.43. The molecule has 1 fully saturated rings. The van der Waals surface area contributed by atoms with Gasteiger partial charge in [-0.05, 0) is 31.0 Å². The van der Waals surface area contributed by atoms with Crippen LogP contribution in [0.5, 0.6) is 0 Å². The fourth-order valence-electron chi connectivity index (χ4n) is 2.58. The molecule has 0 aliphatic heterocycles. The van der Waals surface area contributed by atoms with Gasteiger partial charge in [0, 0.05) is 4.47 Å². The highest BCUT2D eigenvalue weighted by Gasteiger charge is 2.17. The molecular weight excluding hydrogens is 348 g/mol. The molecule has 0 spiro atoms. The normalized spacial score (nSPS) is 15.1. The van der Waals surface area contributed by atoms with Crippen molar-refractivity contribution in [2.75, 3.05) is 11.9 Å². The maximum atomic E-state index is 12.1. The molecule has 1 heterocycles. The summed E-state index contributed by atoms with van der Waals surface area (Å²) in [6.45, 7) is 0.0774. The number of halogens is 1. The SMILES string of the molecule is O=C(COC1CCCC1)Nc1cc(Br)ccc1-n1cncn1. The number of benzene rings is 1. The molecule has 7 heteroatoms. The quantitative estimate of drug-likeness (QED) is 0.885. The van der Waals surface area contributed by atoms with Crippen LogP contribution in [0.1, 0.15) is 25.7 Å². The van der Waals surface area contributed by atoms with Gasteiger partial charge in [0.2, 0.25) is 5.91 Å². The first-order chi connectivity index (χ1) is 10.7. The van der Waals surface area contributed by atoms with Gasteiger partial charge in [0.1, 0.15) is 19.3 Å². The van der Waals surface area contributed by atoms with E-state index in [1.54, 1.807) is 11.0 Å². The Morgan fingerprint density at radius 2 is 2.23 bits per heavy atom. The molecule has 0 saturated heterocycles. The van der Waals surface area contributed by atoms with Gasteiger partial charge in [-0.15, -0.1) is 0 Å². The van der Waals surface area contributed by atoms with Crippen LogP contribution in [0.4, 0.5) is 5.69 Å². The van der Waals surface area contributed by atoms with Crippen LogP contribution in [-0.2, 0) is 9.53 Å². The fourth-order valence-corrected chi connectivity index (χ4v) is 2.94. The number of carbonyl (C=O) groups excluding carboxylic acids is 1. The van der Waals surface area contributed by atoms with Crippen molar-refractivity contribution in [3.05, 3.63) is 35.3 Å². The predicted molar refractivity (Wildman–Crippen MR) is 85.9 cm³/mol. The third-order valence-corrected chi connectivity index (χ3v) is 4.14. The molecule has 2 aromatic rings. The number of rotatable bonds is 5. The molecule has 1 aromatic heterocycles. The van der Waals surface area contributed by atoms with E-state index in [9.17, 15) is 4.79 Å². The van der Waals surface area contributed by atoms with Crippen molar-refractivity contribution in [3.8, 4) is 5.69 Å². The Morgan fingerprint density at radius 1 is 1.41 bits per heavy atom. The molecule has 3 rings (SSSR count). The van der Waals surface area contributed by atoms with Crippen LogP contribution < -0.4 is 5.32 Å². The van der Waals surface area contributed by atoms with Gasteiger partial charge in [-0.3, -0.25) is 4.79 Å². The summed E-state index contributed by atoms with van der Waals surface area (Å²) in [6.07, 6.45) is 7.75. The smallest absolute Gasteiger partial charge is 0.250 e. The number of hydrogen-bond acceptors (Lipinski definition) is 4. The van der Waals surface area contributed by atoms with Gasteiger partial charge in [0.15, 0.2) is 0 Å². The second kappa shape index (κ2) is 7.02. The summed E-state index contributed by atoms with van der Waals surface area (Å²) in [5, 5.41) is 6.98. The van der Waals surface area contributed by atoms with Crippen molar-refractivity contribution < 1.29 is 9.53 Å². The van der Waals surface area contributed by atoms with E-state index in [0.717, 1.165) is 23.0 Å². The minimum absolute atomic E-state index is 0.0774. The van der Waals surface area contributed by atoms with Gasteiger partial charge in [-0.25, -0.2) is 9.67 Å². The van der Waals surface area contributed by atoms with E-state index in [1.165, 1.54) is 19.2 Å². The minimum Gasteiger partial charge on any atom is -0.368 e. The van der Waals surface area contributed by atoms with Crippen LogP contribution in [0, 0.1) is 0 Å². The average molecular weight is 365 g/mol. The topological polar surface area (TPSA) is 69.0 Å². The number of carbonyl (C=O) groups is 1. The Bertz CT molecular complexity index is 639. The molecule has 1 aliphatic carbocycles. The average Bonchev–Trinajstić information content (AvgIpc) is 3.19. The molecule has 116 valence electrons. The maximum Gasteiger partial charge on any atom is 0.250 e. The molecular formula is C15H17BrN4O2. The van der Waals surface area contributed by atoms with Gasteiger partial charge in [-0.1, -0.05) is 28.8 Å². The number of amides is 1. The molecule has 0 bridgehead atoms. The summed E-state index contributed by atoms with van der Waals surface area (Å²) in [7, 11) is 0. The van der Waals surface area contributed by atoms with Gasteiger partial charge >= 0.3 is 0 Å². The minimum atomic E-state index is -0.161. The summed E-state index contributed by atoms with van der Waals surface area (Å²) >= 11 is 3.41. The summed E-state index contributed by atoms with van der Waals surface area (Å²) in [6, 6.07) is 5.60. The second-order valence-corrected chi connectivity index (χ2v) is 6.18. The summed E-state index contributed by atoms with van der Waals surface area (Å²) in [5.74, 6) is -0.161. The zero-order chi connectivity index (χ0) is 15.4. The molecule has 1 aromatic carbocycles. The van der Waals surface area contributed by atoms with E-state index < -0.39 is 0 Å². The van der Waals surface area contributed by atoms with E-state index >= 15 is 0 Å². The molecule has 1 N–H and O–H groups in total. The molecule has 6 nitrogen and oxygen atoms in total. The molecule has 0 unspecified atom stereocenters. The first-order valence-electron chi connectivity index (χ1n) is 7.28. The highest BCUT2D eigenvalue weighted by molar-refractivity contribution is 9.10. The van der Waals surface area contributed by atoms with Crippen molar-refractivity contribution in [2.45, 2.75) is 31.8 Å². The number of ether oxygens (including phenoxy) is 1. The van der Waals surface area contributed by atoms with E-state index in [1.807, 2.05) is 18.2 Å². The van der Waals surface area contributed by atoms with Crippen molar-refractivity contribution in [3.63, 3.8) is 0 Å². The number of hydrogen-bond donors (Lipinski definition) is 1. The highest BCUT2D eigenvalue weighted by Crippen LogP contribution is 2.24. The van der Waals surface area contributed by atoms with Crippen molar-refractivity contribution >= 4 is 27.5 Å². The van der Waals surface area contributed by atoms with Gasteiger partial charge < -0.3 is 10.1 Å². The van der Waals surface area contributed by atoms with Crippen molar-refractivity contribution in [1.82, 2.24) is 14.8 Å². The van der Waals surface area contributed by atoms with Gasteiger partial charge in [0.25, 0.3) is 0 Å². The molecule has 1 amide bonds. The number of nitrogens with zero attached hydrogens (tertiary/aromatic N) is 3. The standard InChI is InChI=1S/C15H17BrN4O2/c16-11-5-6-14(20-10-17-9-18-20)13(7-11)19-15(21)8-22-12-3-1-2-4-12/h5-7,9-10,12H,1-4,8H2,(H,19,21). The van der Waals surface area contributed by atoms with Crippen LogP contribution in [0.25, 0.3) is 5.69 Å². The molecule has 1 aliphatic rings. The number of nitrogens with one attached hydrogen (secondary N) is 1. The zero-order valence-corrected chi connectivity index (χ0v) is 13.6. The van der Waals surface area contributed by atoms with Crippen LogP contribution in [0.15, 0.2) is 35.3 Å². The van der Waals surface area contributed by atoms with E-state index in [0.29, 0.717) is 5.69 Å². The predicted octanol–water partition coefficient (Wildman–Crippen LogP) is 2.93. The second-order valence-electron chi connectivity index (χ2n) is 5.27. The Labute approximate surface area is 137 Å². The molecule has 22 heavy (non-hydrogen) atoms. The first-order valence-corrected chi connectivity index (χ1v) is 8.07. The highest BCUT2D eigenvalue weighted by atomic mass is 79.9. The lowest BCUT2D eigenvalue weighted by atomic mass is 10.2.